The van der Waals surface area contributed by atoms with Crippen molar-refractivity contribution in [1.29, 1.82) is 0 Å². The summed E-state index contributed by atoms with van der Waals surface area (Å²) >= 11 is 0. The van der Waals surface area contributed by atoms with E-state index in [1.165, 1.54) is 0 Å². The highest BCUT2D eigenvalue weighted by Gasteiger charge is 2.73. The minimum Gasteiger partial charge on any atom is -0.339 e. The molecule has 0 radical (unpaired) electrons. The average Bonchev–Trinajstić information content (AvgIpc) is 3.47. The van der Waals surface area contributed by atoms with Crippen LogP contribution < -0.4 is 4.90 Å². The molecule has 6 fully saturated rings. The second kappa shape index (κ2) is 8.88. The Bertz CT molecular complexity index is 1450. The molecule has 3 aromatic heterocycles. The fourth-order valence-corrected chi connectivity index (χ4v) is 7.74. The third-order valence-corrected chi connectivity index (χ3v) is 10.5. The number of rotatable bonds is 7. The van der Waals surface area contributed by atoms with Crippen molar-refractivity contribution in [2.24, 2.45) is 10.8 Å². The van der Waals surface area contributed by atoms with Gasteiger partial charge in [0.15, 0.2) is 11.6 Å². The van der Waals surface area contributed by atoms with Crippen LogP contribution in [-0.4, -0.2) is 43.2 Å². The number of carbonyl (C=O) groups excluding carboxylic acids is 1. The van der Waals surface area contributed by atoms with Crippen molar-refractivity contribution in [2.45, 2.75) is 108 Å². The van der Waals surface area contributed by atoms with Gasteiger partial charge in [0, 0.05) is 41.5 Å². The van der Waals surface area contributed by atoms with Gasteiger partial charge in [-0.3, -0.25) is 9.69 Å². The summed E-state index contributed by atoms with van der Waals surface area (Å²) in [6, 6.07) is 3.81. The molecule has 0 unspecified atom stereocenters. The molecule has 0 atom stereocenters. The number of hydrogen-bond donors (Lipinski definition) is 0. The van der Waals surface area contributed by atoms with Crippen LogP contribution in [0.5, 0.6) is 0 Å². The van der Waals surface area contributed by atoms with Crippen molar-refractivity contribution in [3.8, 4) is 11.4 Å². The van der Waals surface area contributed by atoms with Crippen LogP contribution in [0.3, 0.4) is 0 Å². The zero-order valence-corrected chi connectivity index (χ0v) is 24.5. The molecule has 3 heterocycles. The molecular weight excluding hydrogens is 519 g/mol. The molecule has 9 heteroatoms. The maximum absolute atomic E-state index is 14.6. The summed E-state index contributed by atoms with van der Waals surface area (Å²) in [6.45, 7) is 8.93. The molecule has 6 aliphatic rings. The number of hydrogen-bond acceptors (Lipinski definition) is 7. The number of nitrogens with zero attached hydrogens (tertiary/aromatic N) is 6. The second-order valence-electron chi connectivity index (χ2n) is 14.5. The lowest BCUT2D eigenvalue weighted by Crippen LogP contribution is -2.71. The Labute approximate surface area is 240 Å². The lowest BCUT2D eigenvalue weighted by atomic mass is 9.41. The summed E-state index contributed by atoms with van der Waals surface area (Å²) in [5.41, 5.74) is -0.0754. The number of fused-ring (bicyclic) bond motifs is 3. The van der Waals surface area contributed by atoms with E-state index in [0.717, 1.165) is 61.9 Å². The molecule has 6 saturated carbocycles. The number of halogens is 1. The molecular formula is C32H39FN6O2. The van der Waals surface area contributed by atoms with Gasteiger partial charge in [-0.2, -0.15) is 4.98 Å². The molecule has 0 N–H and O–H groups in total. The monoisotopic (exact) mass is 558 g/mol. The van der Waals surface area contributed by atoms with Crippen LogP contribution in [0, 0.1) is 10.8 Å². The highest BCUT2D eigenvalue weighted by molar-refractivity contribution is 6.00. The number of carbonyl (C=O) groups is 1. The highest BCUT2D eigenvalue weighted by atomic mass is 19.1. The molecule has 1 amide bonds. The minimum absolute atomic E-state index is 0.0120. The fraction of sp³-hybridized carbons (Fsp3) is 0.625. The normalized spacial score (nSPS) is 31.8. The van der Waals surface area contributed by atoms with Gasteiger partial charge in [-0.25, -0.2) is 19.3 Å². The Hall–Kier alpha value is -3.23. The van der Waals surface area contributed by atoms with E-state index >= 15 is 0 Å². The van der Waals surface area contributed by atoms with Crippen LogP contribution >= 0.6 is 0 Å². The molecule has 8 nitrogen and oxygen atoms in total. The van der Waals surface area contributed by atoms with Gasteiger partial charge in [-0.15, -0.1) is 0 Å². The first kappa shape index (κ1) is 26.7. The van der Waals surface area contributed by atoms with E-state index in [1.807, 2.05) is 29.4 Å². The number of aromatic nitrogens is 5. The molecule has 4 bridgehead atoms. The highest BCUT2D eigenvalue weighted by Crippen LogP contribution is 2.70. The van der Waals surface area contributed by atoms with Gasteiger partial charge in [0.05, 0.1) is 5.41 Å². The Morgan fingerprint density at radius 2 is 1.68 bits per heavy atom. The van der Waals surface area contributed by atoms with Crippen molar-refractivity contribution in [1.82, 2.24) is 25.1 Å². The lowest BCUT2D eigenvalue weighted by molar-refractivity contribution is -0.211. The first-order valence-electron chi connectivity index (χ1n) is 15.1. The van der Waals surface area contributed by atoms with Crippen LogP contribution in [0.1, 0.15) is 103 Å². The van der Waals surface area contributed by atoms with Gasteiger partial charge in [0.25, 0.3) is 0 Å². The van der Waals surface area contributed by atoms with Gasteiger partial charge >= 0.3 is 0 Å². The average molecular weight is 559 g/mol. The second-order valence-corrected chi connectivity index (χ2v) is 14.5. The van der Waals surface area contributed by atoms with Crippen LogP contribution in [0.25, 0.3) is 11.4 Å². The van der Waals surface area contributed by atoms with Crippen LogP contribution in [0.2, 0.25) is 0 Å². The summed E-state index contributed by atoms with van der Waals surface area (Å²) in [6.07, 6.45) is 13.2. The number of amides is 1. The molecule has 6 aliphatic carbocycles. The van der Waals surface area contributed by atoms with Crippen molar-refractivity contribution >= 4 is 11.7 Å². The van der Waals surface area contributed by atoms with Crippen molar-refractivity contribution < 1.29 is 13.7 Å². The number of pyridine rings is 1. The predicted molar refractivity (Wildman–Crippen MR) is 152 cm³/mol. The summed E-state index contributed by atoms with van der Waals surface area (Å²) in [4.78, 5) is 34.7. The Morgan fingerprint density at radius 1 is 1.02 bits per heavy atom. The molecule has 0 saturated heterocycles. The molecule has 41 heavy (non-hydrogen) atoms. The van der Waals surface area contributed by atoms with Crippen molar-refractivity contribution in [2.75, 3.05) is 11.4 Å². The number of alkyl halides is 1. The lowest BCUT2D eigenvalue weighted by Gasteiger charge is -2.65. The smallest absolute Gasteiger partial charge is 0.234 e. The molecule has 0 aromatic carbocycles. The maximum Gasteiger partial charge on any atom is 0.234 e. The van der Waals surface area contributed by atoms with Crippen LogP contribution in [-0.2, 0) is 22.0 Å². The topological polar surface area (TPSA) is 97.9 Å². The quantitative estimate of drug-likeness (QED) is 0.336. The van der Waals surface area contributed by atoms with Gasteiger partial charge < -0.3 is 4.52 Å². The Balaban J connectivity index is 1.16. The SMILES string of the molecule is CCc1cnc(-c2ccnc(N(CC34CCC(c5noc(C(C)(C)C)n5)(CC3)CC4)C(=O)C34CC(F)(C3)C4)c2)nc1. The van der Waals surface area contributed by atoms with Gasteiger partial charge in [0.2, 0.25) is 11.8 Å². The molecule has 3 aromatic rings. The first-order valence-corrected chi connectivity index (χ1v) is 15.1. The van der Waals surface area contributed by atoms with E-state index < -0.39 is 11.1 Å². The van der Waals surface area contributed by atoms with Gasteiger partial charge in [0.1, 0.15) is 11.5 Å². The third kappa shape index (κ3) is 4.29. The summed E-state index contributed by atoms with van der Waals surface area (Å²) in [5.74, 6) is 2.77. The fourth-order valence-electron chi connectivity index (χ4n) is 7.74. The molecule has 0 aliphatic heterocycles. The predicted octanol–water partition coefficient (Wildman–Crippen LogP) is 6.30. The Kier molecular flexibility index (Phi) is 5.78. The summed E-state index contributed by atoms with van der Waals surface area (Å²) < 4.78 is 20.2. The van der Waals surface area contributed by atoms with Crippen molar-refractivity contribution in [3.05, 3.63) is 48.0 Å². The van der Waals surface area contributed by atoms with E-state index in [9.17, 15) is 9.18 Å². The van der Waals surface area contributed by atoms with Crippen LogP contribution in [0.15, 0.2) is 35.2 Å². The first-order chi connectivity index (χ1) is 19.5. The summed E-state index contributed by atoms with van der Waals surface area (Å²) in [5, 5.41) is 4.44. The van der Waals surface area contributed by atoms with Crippen LogP contribution in [0.4, 0.5) is 10.2 Å². The van der Waals surface area contributed by atoms with Gasteiger partial charge in [-0.05, 0) is 87.3 Å². The largest absolute Gasteiger partial charge is 0.339 e. The van der Waals surface area contributed by atoms with E-state index in [0.29, 0.717) is 43.3 Å². The zero-order valence-electron chi connectivity index (χ0n) is 24.5. The number of anilines is 1. The third-order valence-electron chi connectivity index (χ3n) is 10.5. The molecule has 0 spiro atoms. The maximum atomic E-state index is 14.6. The number of aryl methyl sites for hydroxylation is 1. The van der Waals surface area contributed by atoms with E-state index in [2.05, 4.69) is 47.8 Å². The van der Waals surface area contributed by atoms with Gasteiger partial charge in [-0.1, -0.05) is 32.9 Å². The Morgan fingerprint density at radius 3 is 2.24 bits per heavy atom. The zero-order chi connectivity index (χ0) is 28.7. The van der Waals surface area contributed by atoms with E-state index in [4.69, 9.17) is 9.51 Å². The van der Waals surface area contributed by atoms with E-state index in [1.54, 1.807) is 6.20 Å². The molecule has 216 valence electrons. The van der Waals surface area contributed by atoms with Crippen molar-refractivity contribution in [3.63, 3.8) is 0 Å². The standard InChI is InChI=1S/C32H39FN6O2/c1-5-21-15-35-24(36-16-21)22-6-13-34-23(14-22)39(27(40)31-17-32(33,18-31)19-31)20-29-7-10-30(11-8-29,12-9-29)25-37-26(41-38-25)28(2,3)4/h6,13-16H,5,7-12,17-20H2,1-4H3. The van der Waals surface area contributed by atoms with E-state index in [-0.39, 0.29) is 22.2 Å². The summed E-state index contributed by atoms with van der Waals surface area (Å²) in [7, 11) is 0. The minimum atomic E-state index is -1.14. The molecule has 9 rings (SSSR count).